The first-order chi connectivity index (χ1) is 10.5. The van der Waals surface area contributed by atoms with E-state index in [9.17, 15) is 9.59 Å². The number of anilines is 2. The highest BCUT2D eigenvalue weighted by molar-refractivity contribution is 7.15. The van der Waals surface area contributed by atoms with Gasteiger partial charge in [-0.3, -0.25) is 14.9 Å². The number of aryl methyl sites for hydroxylation is 1. The topological polar surface area (TPSA) is 83.1 Å². The van der Waals surface area contributed by atoms with Gasteiger partial charge in [0.05, 0.1) is 0 Å². The Morgan fingerprint density at radius 3 is 2.59 bits per heavy atom. The standard InChI is InChI=1S/C15H18N4O2S/c1-10(18-12-6-4-3-5-7-12)8-16-13(20)14(21)19-15-17-9-11(2)22-15/h3-7,9-10,18H,8H2,1-2H3,(H,16,20)(H,17,19,21). The number of para-hydroxylation sites is 1. The molecule has 1 unspecified atom stereocenters. The number of amides is 2. The van der Waals surface area contributed by atoms with Crippen molar-refractivity contribution in [3.63, 3.8) is 0 Å². The van der Waals surface area contributed by atoms with E-state index in [1.807, 2.05) is 44.2 Å². The van der Waals surface area contributed by atoms with Crippen LogP contribution in [0, 0.1) is 6.92 Å². The van der Waals surface area contributed by atoms with E-state index in [1.54, 1.807) is 6.20 Å². The fraction of sp³-hybridized carbons (Fsp3) is 0.267. The van der Waals surface area contributed by atoms with Crippen molar-refractivity contribution in [2.24, 2.45) is 0 Å². The Labute approximate surface area is 133 Å². The summed E-state index contributed by atoms with van der Waals surface area (Å²) in [5, 5.41) is 8.72. The molecule has 2 aromatic rings. The Hall–Kier alpha value is -2.41. The van der Waals surface area contributed by atoms with Crippen LogP contribution in [0.3, 0.4) is 0 Å². The maximum absolute atomic E-state index is 11.7. The summed E-state index contributed by atoms with van der Waals surface area (Å²) in [5.41, 5.74) is 0.965. The summed E-state index contributed by atoms with van der Waals surface area (Å²) in [7, 11) is 0. The summed E-state index contributed by atoms with van der Waals surface area (Å²) in [6.45, 7) is 4.15. The summed E-state index contributed by atoms with van der Waals surface area (Å²) >= 11 is 1.32. The molecule has 0 radical (unpaired) electrons. The smallest absolute Gasteiger partial charge is 0.315 e. The summed E-state index contributed by atoms with van der Waals surface area (Å²) < 4.78 is 0. The lowest BCUT2D eigenvalue weighted by molar-refractivity contribution is -0.136. The van der Waals surface area contributed by atoms with E-state index in [2.05, 4.69) is 20.9 Å². The van der Waals surface area contributed by atoms with Gasteiger partial charge in [-0.05, 0) is 26.0 Å². The predicted molar refractivity (Wildman–Crippen MR) is 88.0 cm³/mol. The van der Waals surface area contributed by atoms with Gasteiger partial charge < -0.3 is 10.6 Å². The van der Waals surface area contributed by atoms with Gasteiger partial charge in [0.15, 0.2) is 5.13 Å². The second-order valence-electron chi connectivity index (χ2n) is 4.85. The van der Waals surface area contributed by atoms with E-state index in [0.29, 0.717) is 11.7 Å². The summed E-state index contributed by atoms with van der Waals surface area (Å²) in [6, 6.07) is 9.67. The normalized spacial score (nSPS) is 11.5. The minimum absolute atomic E-state index is 0.00116. The molecule has 0 aliphatic carbocycles. The number of nitrogens with zero attached hydrogens (tertiary/aromatic N) is 1. The van der Waals surface area contributed by atoms with Crippen LogP contribution in [-0.2, 0) is 9.59 Å². The van der Waals surface area contributed by atoms with Gasteiger partial charge >= 0.3 is 11.8 Å². The Balaban J connectivity index is 1.75. The largest absolute Gasteiger partial charge is 0.381 e. The third kappa shape index (κ3) is 4.85. The molecule has 3 N–H and O–H groups in total. The lowest BCUT2D eigenvalue weighted by atomic mass is 10.2. The molecule has 0 fully saturated rings. The molecular weight excluding hydrogens is 300 g/mol. The second kappa shape index (κ2) is 7.56. The minimum Gasteiger partial charge on any atom is -0.381 e. The molecule has 1 aromatic heterocycles. The summed E-state index contributed by atoms with van der Waals surface area (Å²) in [6.07, 6.45) is 1.64. The van der Waals surface area contributed by atoms with E-state index >= 15 is 0 Å². The van der Waals surface area contributed by atoms with Crippen LogP contribution in [0.1, 0.15) is 11.8 Å². The number of carbonyl (C=O) groups is 2. The van der Waals surface area contributed by atoms with Crippen LogP contribution in [0.5, 0.6) is 0 Å². The first-order valence-corrected chi connectivity index (χ1v) is 7.69. The molecule has 2 rings (SSSR count). The molecule has 0 saturated carbocycles. The molecule has 2 amide bonds. The minimum atomic E-state index is -0.707. The molecule has 22 heavy (non-hydrogen) atoms. The van der Waals surface area contributed by atoms with E-state index in [-0.39, 0.29) is 6.04 Å². The first kappa shape index (κ1) is 16.0. The van der Waals surface area contributed by atoms with Gasteiger partial charge in [-0.25, -0.2) is 4.98 Å². The fourth-order valence-corrected chi connectivity index (χ4v) is 2.42. The lowest BCUT2D eigenvalue weighted by Gasteiger charge is -2.15. The zero-order chi connectivity index (χ0) is 15.9. The van der Waals surface area contributed by atoms with Gasteiger partial charge in [0, 0.05) is 29.3 Å². The molecule has 0 aliphatic heterocycles. The number of carbonyl (C=O) groups excluding carboxylic acids is 2. The van der Waals surface area contributed by atoms with Crippen molar-refractivity contribution in [3.8, 4) is 0 Å². The fourth-order valence-electron chi connectivity index (χ4n) is 1.76. The molecule has 1 aromatic carbocycles. The van der Waals surface area contributed by atoms with Gasteiger partial charge in [0.25, 0.3) is 0 Å². The van der Waals surface area contributed by atoms with Crippen LogP contribution < -0.4 is 16.0 Å². The van der Waals surface area contributed by atoms with Crippen LogP contribution in [-0.4, -0.2) is 29.4 Å². The van der Waals surface area contributed by atoms with Crippen LogP contribution in [0.15, 0.2) is 36.5 Å². The van der Waals surface area contributed by atoms with Crippen molar-refractivity contribution in [2.75, 3.05) is 17.2 Å². The predicted octanol–water partition coefficient (Wildman–Crippen LogP) is 2.01. The highest BCUT2D eigenvalue weighted by Crippen LogP contribution is 2.16. The Kier molecular flexibility index (Phi) is 5.48. The Morgan fingerprint density at radius 1 is 1.23 bits per heavy atom. The van der Waals surface area contributed by atoms with Crippen molar-refractivity contribution in [1.82, 2.24) is 10.3 Å². The second-order valence-corrected chi connectivity index (χ2v) is 6.09. The van der Waals surface area contributed by atoms with Crippen LogP contribution >= 0.6 is 11.3 Å². The monoisotopic (exact) mass is 318 g/mol. The first-order valence-electron chi connectivity index (χ1n) is 6.88. The van der Waals surface area contributed by atoms with Gasteiger partial charge in [0.1, 0.15) is 0 Å². The average molecular weight is 318 g/mol. The van der Waals surface area contributed by atoms with Crippen molar-refractivity contribution in [2.45, 2.75) is 19.9 Å². The molecule has 7 heteroatoms. The summed E-state index contributed by atoms with van der Waals surface area (Å²) in [4.78, 5) is 28.4. The molecule has 116 valence electrons. The molecule has 0 spiro atoms. The molecule has 1 atom stereocenters. The van der Waals surface area contributed by atoms with Crippen LogP contribution in [0.25, 0.3) is 0 Å². The highest BCUT2D eigenvalue weighted by Gasteiger charge is 2.15. The molecule has 6 nitrogen and oxygen atoms in total. The maximum Gasteiger partial charge on any atom is 0.315 e. The number of hydrogen-bond acceptors (Lipinski definition) is 5. The number of rotatable bonds is 5. The Morgan fingerprint density at radius 2 is 1.95 bits per heavy atom. The van der Waals surface area contributed by atoms with Crippen molar-refractivity contribution in [1.29, 1.82) is 0 Å². The number of nitrogens with one attached hydrogen (secondary N) is 3. The van der Waals surface area contributed by atoms with Gasteiger partial charge in [-0.1, -0.05) is 18.2 Å². The average Bonchev–Trinajstić information content (AvgIpc) is 2.91. The number of aromatic nitrogens is 1. The molecule has 0 aliphatic rings. The third-order valence-corrected chi connectivity index (χ3v) is 3.63. The number of hydrogen-bond donors (Lipinski definition) is 3. The number of benzene rings is 1. The number of thiazole rings is 1. The molecule has 0 bridgehead atoms. The van der Waals surface area contributed by atoms with Gasteiger partial charge in [0.2, 0.25) is 0 Å². The van der Waals surface area contributed by atoms with Gasteiger partial charge in [-0.2, -0.15) is 0 Å². The molecular formula is C15H18N4O2S. The summed E-state index contributed by atoms with van der Waals surface area (Å²) in [5.74, 6) is -1.38. The zero-order valence-electron chi connectivity index (χ0n) is 12.4. The van der Waals surface area contributed by atoms with Crippen molar-refractivity contribution >= 4 is 34.0 Å². The molecule has 1 heterocycles. The maximum atomic E-state index is 11.7. The lowest BCUT2D eigenvalue weighted by Crippen LogP contribution is -2.40. The van der Waals surface area contributed by atoms with Crippen LogP contribution in [0.2, 0.25) is 0 Å². The highest BCUT2D eigenvalue weighted by atomic mass is 32.1. The van der Waals surface area contributed by atoms with Crippen molar-refractivity contribution in [3.05, 3.63) is 41.4 Å². The van der Waals surface area contributed by atoms with E-state index in [1.165, 1.54) is 11.3 Å². The van der Waals surface area contributed by atoms with E-state index < -0.39 is 11.8 Å². The SMILES string of the molecule is Cc1cnc(NC(=O)C(=O)NCC(C)Nc2ccccc2)s1. The zero-order valence-corrected chi connectivity index (χ0v) is 13.2. The van der Waals surface area contributed by atoms with Crippen LogP contribution in [0.4, 0.5) is 10.8 Å². The molecule has 0 saturated heterocycles. The third-order valence-electron chi connectivity index (χ3n) is 2.80. The van der Waals surface area contributed by atoms with Gasteiger partial charge in [-0.15, -0.1) is 11.3 Å². The quantitative estimate of drug-likeness (QED) is 0.736. The van der Waals surface area contributed by atoms with E-state index in [4.69, 9.17) is 0 Å². The van der Waals surface area contributed by atoms with Crippen molar-refractivity contribution < 1.29 is 9.59 Å². The van der Waals surface area contributed by atoms with E-state index in [0.717, 1.165) is 10.6 Å². The Bertz CT molecular complexity index is 642.